The predicted octanol–water partition coefficient (Wildman–Crippen LogP) is 2.78. The fourth-order valence-electron chi connectivity index (χ4n) is 1.70. The Hall–Kier alpha value is -2.27. The van der Waals surface area contributed by atoms with Gasteiger partial charge in [-0.2, -0.15) is 0 Å². The van der Waals surface area contributed by atoms with E-state index in [1.165, 1.54) is 0 Å². The third-order valence-corrected chi connectivity index (χ3v) is 2.68. The van der Waals surface area contributed by atoms with Crippen molar-refractivity contribution in [1.29, 1.82) is 0 Å². The number of carbonyl (C=O) groups is 1. The maximum Gasteiger partial charge on any atom is 0.291 e. The quantitative estimate of drug-likeness (QED) is 0.849. The van der Waals surface area contributed by atoms with E-state index in [-0.39, 0.29) is 18.2 Å². The summed E-state index contributed by atoms with van der Waals surface area (Å²) >= 11 is 0. The number of rotatable bonds is 6. The number of para-hydroxylation sites is 2. The van der Waals surface area contributed by atoms with Crippen LogP contribution in [0, 0.1) is 0 Å². The highest BCUT2D eigenvalue weighted by Crippen LogP contribution is 2.24. The van der Waals surface area contributed by atoms with Crippen molar-refractivity contribution in [3.63, 3.8) is 0 Å². The summed E-state index contributed by atoms with van der Waals surface area (Å²) in [5.41, 5.74) is 6.07. The molecule has 5 heteroatoms. The Bertz CT molecular complexity index is 578. The Balaban J connectivity index is 2.10. The van der Waals surface area contributed by atoms with Gasteiger partial charge in [-0.3, -0.25) is 4.79 Å². The third-order valence-electron chi connectivity index (χ3n) is 2.68. The van der Waals surface area contributed by atoms with Crippen LogP contribution in [-0.2, 0) is 6.54 Å². The maximum atomic E-state index is 12.1. The molecule has 0 saturated heterocycles. The zero-order valence-electron chi connectivity index (χ0n) is 11.4. The van der Waals surface area contributed by atoms with Crippen molar-refractivity contribution in [2.24, 2.45) is 5.73 Å². The Morgan fingerprint density at radius 3 is 2.80 bits per heavy atom. The lowest BCUT2D eigenvalue weighted by molar-refractivity contribution is 0.0994. The summed E-state index contributed by atoms with van der Waals surface area (Å²) in [6.45, 7) is 2.90. The van der Waals surface area contributed by atoms with Gasteiger partial charge in [0, 0.05) is 0 Å². The Morgan fingerprint density at radius 2 is 2.10 bits per heavy atom. The lowest BCUT2D eigenvalue weighted by atomic mass is 10.3. The summed E-state index contributed by atoms with van der Waals surface area (Å²) < 4.78 is 10.9. The molecule has 0 radical (unpaired) electrons. The molecule has 2 aromatic rings. The van der Waals surface area contributed by atoms with Crippen molar-refractivity contribution < 1.29 is 13.9 Å². The molecular weight excluding hydrogens is 256 g/mol. The fourth-order valence-corrected chi connectivity index (χ4v) is 1.70. The number of anilines is 1. The van der Waals surface area contributed by atoms with Crippen LogP contribution in [-0.4, -0.2) is 12.5 Å². The number of nitrogens with two attached hydrogens (primary N) is 1. The molecule has 0 aliphatic heterocycles. The van der Waals surface area contributed by atoms with Gasteiger partial charge in [-0.05, 0) is 30.7 Å². The molecule has 0 bridgehead atoms. The van der Waals surface area contributed by atoms with E-state index in [1.807, 2.05) is 25.1 Å². The highest BCUT2D eigenvalue weighted by atomic mass is 16.5. The molecule has 5 nitrogen and oxygen atoms in total. The first-order chi connectivity index (χ1) is 9.74. The van der Waals surface area contributed by atoms with E-state index in [1.54, 1.807) is 18.2 Å². The van der Waals surface area contributed by atoms with Gasteiger partial charge in [0.05, 0.1) is 18.8 Å². The number of amides is 1. The van der Waals surface area contributed by atoms with Crippen LogP contribution in [0.15, 0.2) is 40.8 Å². The first-order valence-corrected chi connectivity index (χ1v) is 6.56. The number of hydrogen-bond acceptors (Lipinski definition) is 4. The third kappa shape index (κ3) is 3.39. The van der Waals surface area contributed by atoms with E-state index in [0.717, 1.165) is 6.42 Å². The summed E-state index contributed by atoms with van der Waals surface area (Å²) in [5, 5.41) is 2.77. The molecule has 1 amide bonds. The smallest absolute Gasteiger partial charge is 0.291 e. The van der Waals surface area contributed by atoms with E-state index >= 15 is 0 Å². The standard InChI is InChI=1S/C15H18N2O3/c1-2-9-19-13-6-4-3-5-12(13)17-15(18)14-8-7-11(10-16)20-14/h3-8H,2,9-10,16H2,1H3,(H,17,18). The average molecular weight is 274 g/mol. The predicted molar refractivity (Wildman–Crippen MR) is 76.8 cm³/mol. The van der Waals surface area contributed by atoms with Crippen LogP contribution in [0.4, 0.5) is 5.69 Å². The number of benzene rings is 1. The Morgan fingerprint density at radius 1 is 1.30 bits per heavy atom. The summed E-state index contributed by atoms with van der Waals surface area (Å²) in [7, 11) is 0. The fraction of sp³-hybridized carbons (Fsp3) is 0.267. The van der Waals surface area contributed by atoms with Crippen molar-refractivity contribution in [1.82, 2.24) is 0 Å². The van der Waals surface area contributed by atoms with Gasteiger partial charge >= 0.3 is 0 Å². The molecule has 0 spiro atoms. The van der Waals surface area contributed by atoms with E-state index < -0.39 is 0 Å². The minimum Gasteiger partial charge on any atom is -0.491 e. The molecular formula is C15H18N2O3. The van der Waals surface area contributed by atoms with Gasteiger partial charge in [-0.25, -0.2) is 0 Å². The largest absolute Gasteiger partial charge is 0.491 e. The molecule has 3 N–H and O–H groups in total. The van der Waals surface area contributed by atoms with Crippen molar-refractivity contribution in [3.05, 3.63) is 47.9 Å². The molecule has 0 saturated carbocycles. The first kappa shape index (κ1) is 14.1. The van der Waals surface area contributed by atoms with Gasteiger partial charge in [-0.1, -0.05) is 19.1 Å². The zero-order valence-corrected chi connectivity index (χ0v) is 11.4. The molecule has 0 aliphatic rings. The van der Waals surface area contributed by atoms with Crippen molar-refractivity contribution in [2.75, 3.05) is 11.9 Å². The van der Waals surface area contributed by atoms with Gasteiger partial charge in [0.25, 0.3) is 5.91 Å². The van der Waals surface area contributed by atoms with E-state index in [4.69, 9.17) is 14.9 Å². The van der Waals surface area contributed by atoms with Gasteiger partial charge in [0.2, 0.25) is 0 Å². The topological polar surface area (TPSA) is 77.5 Å². The Labute approximate surface area is 117 Å². The summed E-state index contributed by atoms with van der Waals surface area (Å²) in [6, 6.07) is 10.6. The molecule has 1 aromatic heterocycles. The minimum absolute atomic E-state index is 0.232. The van der Waals surface area contributed by atoms with Crippen LogP contribution in [0.2, 0.25) is 0 Å². The van der Waals surface area contributed by atoms with Crippen LogP contribution in [0.3, 0.4) is 0 Å². The number of ether oxygens (including phenoxy) is 1. The normalized spacial score (nSPS) is 10.3. The van der Waals surface area contributed by atoms with Crippen LogP contribution in [0.25, 0.3) is 0 Å². The molecule has 2 rings (SSSR count). The second-order valence-electron chi connectivity index (χ2n) is 4.27. The lowest BCUT2D eigenvalue weighted by Gasteiger charge is -2.11. The van der Waals surface area contributed by atoms with Gasteiger partial charge in [0.1, 0.15) is 11.5 Å². The molecule has 106 valence electrons. The summed E-state index contributed by atoms with van der Waals surface area (Å²) in [6.07, 6.45) is 0.903. The SMILES string of the molecule is CCCOc1ccccc1NC(=O)c1ccc(CN)o1. The second-order valence-corrected chi connectivity index (χ2v) is 4.27. The first-order valence-electron chi connectivity index (χ1n) is 6.56. The zero-order chi connectivity index (χ0) is 14.4. The number of nitrogens with one attached hydrogen (secondary N) is 1. The van der Waals surface area contributed by atoms with Crippen LogP contribution >= 0.6 is 0 Å². The van der Waals surface area contributed by atoms with Crippen molar-refractivity contribution in [2.45, 2.75) is 19.9 Å². The number of furan rings is 1. The Kier molecular flexibility index (Phi) is 4.79. The van der Waals surface area contributed by atoms with Crippen molar-refractivity contribution >= 4 is 11.6 Å². The van der Waals surface area contributed by atoms with E-state index in [2.05, 4.69) is 5.32 Å². The van der Waals surface area contributed by atoms with Crippen LogP contribution < -0.4 is 15.8 Å². The number of hydrogen-bond donors (Lipinski definition) is 2. The highest BCUT2D eigenvalue weighted by Gasteiger charge is 2.13. The van der Waals surface area contributed by atoms with Crippen LogP contribution in [0.5, 0.6) is 5.75 Å². The molecule has 1 heterocycles. The molecule has 0 aliphatic carbocycles. The lowest BCUT2D eigenvalue weighted by Crippen LogP contribution is -2.12. The van der Waals surface area contributed by atoms with Crippen LogP contribution in [0.1, 0.15) is 29.7 Å². The maximum absolute atomic E-state index is 12.1. The van der Waals surface area contributed by atoms with E-state index in [9.17, 15) is 4.79 Å². The van der Waals surface area contributed by atoms with Gasteiger partial charge in [0.15, 0.2) is 5.76 Å². The highest BCUT2D eigenvalue weighted by molar-refractivity contribution is 6.03. The molecule has 0 unspecified atom stereocenters. The molecule has 20 heavy (non-hydrogen) atoms. The average Bonchev–Trinajstić information content (AvgIpc) is 2.95. The van der Waals surface area contributed by atoms with Gasteiger partial charge in [-0.15, -0.1) is 0 Å². The minimum atomic E-state index is -0.322. The summed E-state index contributed by atoms with van der Waals surface area (Å²) in [4.78, 5) is 12.1. The van der Waals surface area contributed by atoms with Gasteiger partial charge < -0.3 is 20.2 Å². The number of carbonyl (C=O) groups excluding carboxylic acids is 1. The molecule has 0 atom stereocenters. The van der Waals surface area contributed by atoms with Crippen molar-refractivity contribution in [3.8, 4) is 5.75 Å². The summed E-state index contributed by atoms with van der Waals surface area (Å²) in [5.74, 6) is 1.13. The van der Waals surface area contributed by atoms with E-state index in [0.29, 0.717) is 23.8 Å². The molecule has 1 aromatic carbocycles. The monoisotopic (exact) mass is 274 g/mol. The molecule has 0 fully saturated rings. The second kappa shape index (κ2) is 6.77.